The maximum absolute atomic E-state index is 5.31. The fraction of sp³-hybridized carbons (Fsp3) is 0.273. The van der Waals surface area contributed by atoms with E-state index >= 15 is 0 Å². The van der Waals surface area contributed by atoms with Gasteiger partial charge in [0.25, 0.3) is 0 Å². The molecule has 0 aromatic heterocycles. The van der Waals surface area contributed by atoms with Crippen LogP contribution in [0.5, 0.6) is 0 Å². The second kappa shape index (κ2) is 4.05. The monoisotopic (exact) mass is 192 g/mol. The molecule has 1 heterocycles. The highest BCUT2D eigenvalue weighted by atomic mass is 16.5. The minimum atomic E-state index is 0.759. The molecule has 3 heteroatoms. The van der Waals surface area contributed by atoms with Crippen molar-refractivity contribution in [3.05, 3.63) is 48.0 Å². The number of hydrogen-bond donors (Lipinski definition) is 0. The van der Waals surface area contributed by atoms with Crippen molar-refractivity contribution in [2.24, 2.45) is 0 Å². The van der Waals surface area contributed by atoms with E-state index in [0.29, 0.717) is 0 Å². The molecular formula is C11H12O3. The fourth-order valence-corrected chi connectivity index (χ4v) is 1.42. The van der Waals surface area contributed by atoms with Gasteiger partial charge in [-0.1, -0.05) is 0 Å². The number of ether oxygens (including phenoxy) is 3. The Kier molecular flexibility index (Phi) is 2.58. The summed E-state index contributed by atoms with van der Waals surface area (Å²) in [6.07, 6.45) is 10.6. The number of hydrogen-bond acceptors (Lipinski definition) is 3. The minimum Gasteiger partial charge on any atom is -0.497 e. The van der Waals surface area contributed by atoms with Crippen LogP contribution < -0.4 is 0 Å². The highest BCUT2D eigenvalue weighted by Crippen LogP contribution is 2.26. The van der Waals surface area contributed by atoms with Crippen LogP contribution in [0.1, 0.15) is 12.8 Å². The summed E-state index contributed by atoms with van der Waals surface area (Å²) in [6.45, 7) is 0. The summed E-state index contributed by atoms with van der Waals surface area (Å²) >= 11 is 0. The summed E-state index contributed by atoms with van der Waals surface area (Å²) in [5, 5.41) is 0. The van der Waals surface area contributed by atoms with E-state index < -0.39 is 0 Å². The van der Waals surface area contributed by atoms with Gasteiger partial charge in [0.15, 0.2) is 5.76 Å². The summed E-state index contributed by atoms with van der Waals surface area (Å²) in [7, 11) is 1.66. The van der Waals surface area contributed by atoms with Crippen LogP contribution >= 0.6 is 0 Å². The van der Waals surface area contributed by atoms with Gasteiger partial charge in [-0.3, -0.25) is 0 Å². The Bertz CT molecular complexity index is 334. The van der Waals surface area contributed by atoms with Crippen molar-refractivity contribution in [3.63, 3.8) is 0 Å². The molecule has 0 unspecified atom stereocenters. The molecule has 14 heavy (non-hydrogen) atoms. The predicted octanol–water partition coefficient (Wildman–Crippen LogP) is 2.60. The molecular weight excluding hydrogens is 180 g/mol. The molecule has 0 saturated carbocycles. The third kappa shape index (κ3) is 1.82. The van der Waals surface area contributed by atoms with Crippen LogP contribution in [0.25, 0.3) is 0 Å². The second-order valence-corrected chi connectivity index (χ2v) is 3.03. The van der Waals surface area contributed by atoms with Crippen LogP contribution in [0.3, 0.4) is 0 Å². The summed E-state index contributed by atoms with van der Waals surface area (Å²) in [4.78, 5) is 0. The summed E-state index contributed by atoms with van der Waals surface area (Å²) in [5.74, 6) is 1.64. The standard InChI is InChI=1S/C11H12O3/c1-12-10-4-2-3-9(7-10)11-8-13-5-6-14-11/h4-8H,2-3H2,1H3. The Morgan fingerprint density at radius 2 is 2.29 bits per heavy atom. The van der Waals surface area contributed by atoms with Crippen molar-refractivity contribution in [3.8, 4) is 0 Å². The minimum absolute atomic E-state index is 0.759. The Hall–Kier alpha value is -1.64. The number of allylic oxidation sites excluding steroid dienone is 3. The maximum atomic E-state index is 5.31. The molecule has 0 N–H and O–H groups in total. The molecule has 0 fully saturated rings. The maximum Gasteiger partial charge on any atom is 0.164 e. The smallest absolute Gasteiger partial charge is 0.164 e. The van der Waals surface area contributed by atoms with Gasteiger partial charge in [0.05, 0.1) is 7.11 Å². The van der Waals surface area contributed by atoms with Gasteiger partial charge in [0.2, 0.25) is 0 Å². The summed E-state index contributed by atoms with van der Waals surface area (Å²) in [6, 6.07) is 0. The zero-order chi connectivity index (χ0) is 9.80. The molecule has 0 aromatic rings. The van der Waals surface area contributed by atoms with E-state index in [-0.39, 0.29) is 0 Å². The fourth-order valence-electron chi connectivity index (χ4n) is 1.42. The van der Waals surface area contributed by atoms with Crippen molar-refractivity contribution in [1.29, 1.82) is 0 Å². The second-order valence-electron chi connectivity index (χ2n) is 3.03. The molecule has 1 aliphatic carbocycles. The molecule has 0 atom stereocenters. The lowest BCUT2D eigenvalue weighted by atomic mass is 10.0. The molecule has 0 radical (unpaired) electrons. The topological polar surface area (TPSA) is 27.7 Å². The van der Waals surface area contributed by atoms with Crippen LogP contribution in [0, 0.1) is 0 Å². The van der Waals surface area contributed by atoms with Gasteiger partial charge < -0.3 is 14.2 Å². The molecule has 74 valence electrons. The van der Waals surface area contributed by atoms with E-state index in [1.54, 1.807) is 13.4 Å². The highest BCUT2D eigenvalue weighted by Gasteiger charge is 2.12. The van der Waals surface area contributed by atoms with Gasteiger partial charge in [-0.2, -0.15) is 0 Å². The van der Waals surface area contributed by atoms with Crippen LogP contribution in [0.15, 0.2) is 48.0 Å². The Balaban J connectivity index is 2.14. The SMILES string of the molecule is COC1=CCCC(C2=COC=CO2)=C1. The van der Waals surface area contributed by atoms with Crippen LogP contribution in [-0.4, -0.2) is 7.11 Å². The lowest BCUT2D eigenvalue weighted by molar-refractivity contribution is 0.260. The van der Waals surface area contributed by atoms with Crippen molar-refractivity contribution in [2.45, 2.75) is 12.8 Å². The van der Waals surface area contributed by atoms with Crippen LogP contribution in [0.4, 0.5) is 0 Å². The molecule has 0 saturated heterocycles. The average molecular weight is 192 g/mol. The predicted molar refractivity (Wildman–Crippen MR) is 51.8 cm³/mol. The molecule has 2 aliphatic rings. The molecule has 1 aliphatic heterocycles. The normalized spacial score (nSPS) is 19.9. The Labute approximate surface area is 83.0 Å². The first-order chi connectivity index (χ1) is 6.90. The molecule has 0 aromatic carbocycles. The van der Waals surface area contributed by atoms with Gasteiger partial charge >= 0.3 is 0 Å². The average Bonchev–Trinajstić information content (AvgIpc) is 2.30. The van der Waals surface area contributed by atoms with Gasteiger partial charge in [-0.05, 0) is 25.0 Å². The molecule has 0 bridgehead atoms. The van der Waals surface area contributed by atoms with Gasteiger partial charge in [0.1, 0.15) is 24.5 Å². The first-order valence-corrected chi connectivity index (χ1v) is 4.52. The first kappa shape index (κ1) is 8.94. The van der Waals surface area contributed by atoms with Gasteiger partial charge in [0, 0.05) is 5.57 Å². The van der Waals surface area contributed by atoms with Crippen LogP contribution in [-0.2, 0) is 14.2 Å². The van der Waals surface area contributed by atoms with E-state index in [9.17, 15) is 0 Å². The van der Waals surface area contributed by atoms with E-state index in [1.165, 1.54) is 12.5 Å². The van der Waals surface area contributed by atoms with Crippen LogP contribution in [0.2, 0.25) is 0 Å². The summed E-state index contributed by atoms with van der Waals surface area (Å²) in [5.41, 5.74) is 1.11. The lowest BCUT2D eigenvalue weighted by Crippen LogP contribution is -2.01. The third-order valence-corrected chi connectivity index (χ3v) is 2.13. The van der Waals surface area contributed by atoms with Crippen molar-refractivity contribution in [1.82, 2.24) is 0 Å². The molecule has 3 nitrogen and oxygen atoms in total. The van der Waals surface area contributed by atoms with E-state index in [4.69, 9.17) is 14.2 Å². The third-order valence-electron chi connectivity index (χ3n) is 2.13. The zero-order valence-electron chi connectivity index (χ0n) is 8.03. The molecule has 0 amide bonds. The van der Waals surface area contributed by atoms with Crippen molar-refractivity contribution < 1.29 is 14.2 Å². The quantitative estimate of drug-likeness (QED) is 0.673. The van der Waals surface area contributed by atoms with E-state index in [0.717, 1.165) is 29.9 Å². The van der Waals surface area contributed by atoms with E-state index in [2.05, 4.69) is 6.08 Å². The van der Waals surface area contributed by atoms with Gasteiger partial charge in [-0.25, -0.2) is 0 Å². The largest absolute Gasteiger partial charge is 0.497 e. The van der Waals surface area contributed by atoms with Gasteiger partial charge in [-0.15, -0.1) is 0 Å². The highest BCUT2D eigenvalue weighted by molar-refractivity contribution is 5.35. The zero-order valence-corrected chi connectivity index (χ0v) is 8.03. The van der Waals surface area contributed by atoms with Crippen molar-refractivity contribution >= 4 is 0 Å². The van der Waals surface area contributed by atoms with E-state index in [1.807, 2.05) is 6.08 Å². The number of methoxy groups -OCH3 is 1. The summed E-state index contributed by atoms with van der Waals surface area (Å²) < 4.78 is 15.5. The Morgan fingerprint density at radius 3 is 3.00 bits per heavy atom. The van der Waals surface area contributed by atoms with Crippen molar-refractivity contribution in [2.75, 3.05) is 7.11 Å². The molecule has 2 rings (SSSR count). The lowest BCUT2D eigenvalue weighted by Gasteiger charge is -2.16. The first-order valence-electron chi connectivity index (χ1n) is 4.52. The Morgan fingerprint density at radius 1 is 1.36 bits per heavy atom. The number of rotatable bonds is 2. The molecule has 0 spiro atoms.